The minimum atomic E-state index is -0.198. The highest BCUT2D eigenvalue weighted by molar-refractivity contribution is 6.30. The van der Waals surface area contributed by atoms with Gasteiger partial charge in [0.05, 0.1) is 18.8 Å². The maximum atomic E-state index is 9.20. The predicted octanol–water partition coefficient (Wildman–Crippen LogP) is 2.17. The lowest BCUT2D eigenvalue weighted by Crippen LogP contribution is -2.49. The second-order valence-electron chi connectivity index (χ2n) is 4.47. The molecule has 1 saturated heterocycles. The third kappa shape index (κ3) is 2.41. The van der Waals surface area contributed by atoms with E-state index < -0.39 is 0 Å². The van der Waals surface area contributed by atoms with E-state index in [0.717, 1.165) is 11.3 Å². The van der Waals surface area contributed by atoms with Gasteiger partial charge in [0.2, 0.25) is 5.89 Å². The van der Waals surface area contributed by atoms with E-state index in [1.54, 1.807) is 6.20 Å². The van der Waals surface area contributed by atoms with Crippen molar-refractivity contribution in [2.24, 2.45) is 0 Å². The average Bonchev–Trinajstić information content (AvgIpc) is 2.77. The van der Waals surface area contributed by atoms with Gasteiger partial charge in [-0.25, -0.2) is 4.98 Å². The van der Waals surface area contributed by atoms with Gasteiger partial charge >= 0.3 is 0 Å². The van der Waals surface area contributed by atoms with Gasteiger partial charge in [0.25, 0.3) is 0 Å². The number of β-amino-alcohol motifs (C(OH)–C–C–N with tert-alkyl or cyclic N) is 1. The number of hydrogen-bond acceptors (Lipinski definition) is 4. The summed E-state index contributed by atoms with van der Waals surface area (Å²) >= 11 is 5.84. The number of nitrogens with zero attached hydrogens (tertiary/aromatic N) is 2. The third-order valence-electron chi connectivity index (χ3n) is 2.98. The minimum Gasteiger partial charge on any atom is -0.439 e. The van der Waals surface area contributed by atoms with Crippen LogP contribution in [0.4, 0.5) is 0 Å². The van der Waals surface area contributed by atoms with Crippen molar-refractivity contribution in [1.82, 2.24) is 9.88 Å². The second-order valence-corrected chi connectivity index (χ2v) is 4.91. The molecule has 1 N–H and O–H groups in total. The first-order valence-corrected chi connectivity index (χ1v) is 6.19. The van der Waals surface area contributed by atoms with Crippen LogP contribution in [0.5, 0.6) is 0 Å². The lowest BCUT2D eigenvalue weighted by molar-refractivity contribution is -0.00708. The Morgan fingerprint density at radius 1 is 1.33 bits per heavy atom. The molecule has 0 unspecified atom stereocenters. The van der Waals surface area contributed by atoms with Crippen LogP contribution >= 0.6 is 11.6 Å². The van der Waals surface area contributed by atoms with Gasteiger partial charge in [-0.1, -0.05) is 11.6 Å². The van der Waals surface area contributed by atoms with Crippen LogP contribution in [-0.2, 0) is 6.54 Å². The van der Waals surface area contributed by atoms with E-state index in [2.05, 4.69) is 9.88 Å². The van der Waals surface area contributed by atoms with E-state index in [0.29, 0.717) is 30.5 Å². The molecular weight excluding hydrogens is 252 g/mol. The number of likely N-dealkylation sites (tertiary alicyclic amines) is 1. The van der Waals surface area contributed by atoms with E-state index >= 15 is 0 Å². The SMILES string of the molecule is OC1CN(Cc2ncc(-c3ccc(Cl)cc3)o2)C1. The van der Waals surface area contributed by atoms with E-state index in [1.165, 1.54) is 0 Å². The van der Waals surface area contributed by atoms with Crippen LogP contribution in [0, 0.1) is 0 Å². The van der Waals surface area contributed by atoms with Gasteiger partial charge < -0.3 is 9.52 Å². The van der Waals surface area contributed by atoms with Crippen LogP contribution in [0.3, 0.4) is 0 Å². The van der Waals surface area contributed by atoms with E-state index in [-0.39, 0.29) is 6.10 Å². The zero-order chi connectivity index (χ0) is 12.5. The van der Waals surface area contributed by atoms with E-state index in [9.17, 15) is 5.11 Å². The van der Waals surface area contributed by atoms with Gasteiger partial charge in [-0.2, -0.15) is 0 Å². The molecule has 0 spiro atoms. The van der Waals surface area contributed by atoms with Crippen molar-refractivity contribution in [2.75, 3.05) is 13.1 Å². The highest BCUT2D eigenvalue weighted by Gasteiger charge is 2.25. The van der Waals surface area contributed by atoms with Crippen LogP contribution in [0.1, 0.15) is 5.89 Å². The number of hydrogen-bond donors (Lipinski definition) is 1. The molecule has 1 aromatic carbocycles. The maximum absolute atomic E-state index is 9.20. The zero-order valence-electron chi connectivity index (χ0n) is 9.71. The van der Waals surface area contributed by atoms with Crippen molar-refractivity contribution >= 4 is 11.6 Å². The van der Waals surface area contributed by atoms with Crippen LogP contribution in [-0.4, -0.2) is 34.2 Å². The molecule has 1 aliphatic rings. The van der Waals surface area contributed by atoms with Gasteiger partial charge in [-0.3, -0.25) is 4.90 Å². The lowest BCUT2D eigenvalue weighted by atomic mass is 10.2. The fraction of sp³-hybridized carbons (Fsp3) is 0.308. The average molecular weight is 265 g/mol. The summed E-state index contributed by atoms with van der Waals surface area (Å²) in [5.41, 5.74) is 0.960. The van der Waals surface area contributed by atoms with E-state index in [1.807, 2.05) is 24.3 Å². The number of oxazole rings is 1. The molecule has 2 aromatic rings. The van der Waals surface area contributed by atoms with E-state index in [4.69, 9.17) is 16.0 Å². The first-order valence-electron chi connectivity index (χ1n) is 5.82. The summed E-state index contributed by atoms with van der Waals surface area (Å²) in [5, 5.41) is 9.90. The van der Waals surface area contributed by atoms with Crippen LogP contribution in [0.15, 0.2) is 34.9 Å². The molecule has 0 amide bonds. The normalized spacial score (nSPS) is 16.8. The van der Waals surface area contributed by atoms with Gasteiger partial charge in [0.15, 0.2) is 5.76 Å². The number of benzene rings is 1. The summed E-state index contributed by atoms with van der Waals surface area (Å²) in [5.74, 6) is 1.41. The predicted molar refractivity (Wildman–Crippen MR) is 68.2 cm³/mol. The van der Waals surface area contributed by atoms with Crippen molar-refractivity contribution in [3.63, 3.8) is 0 Å². The molecule has 0 aliphatic carbocycles. The van der Waals surface area contributed by atoms with Gasteiger partial charge in [-0.05, 0) is 24.3 Å². The summed E-state index contributed by atoms with van der Waals surface area (Å²) in [7, 11) is 0. The van der Waals surface area contributed by atoms with Crippen molar-refractivity contribution in [2.45, 2.75) is 12.6 Å². The molecule has 1 fully saturated rings. The molecule has 18 heavy (non-hydrogen) atoms. The molecule has 2 heterocycles. The Kier molecular flexibility index (Phi) is 3.07. The first kappa shape index (κ1) is 11.7. The molecule has 1 aromatic heterocycles. The molecule has 1 aliphatic heterocycles. The standard InChI is InChI=1S/C13H13ClN2O2/c14-10-3-1-9(2-4-10)12-5-15-13(18-12)8-16-6-11(17)7-16/h1-5,11,17H,6-8H2. The number of halogens is 1. The Morgan fingerprint density at radius 2 is 2.06 bits per heavy atom. The second kappa shape index (κ2) is 4.72. The van der Waals surface area contributed by atoms with Crippen molar-refractivity contribution in [3.05, 3.63) is 41.4 Å². The Hall–Kier alpha value is -1.36. The minimum absolute atomic E-state index is 0.198. The largest absolute Gasteiger partial charge is 0.439 e. The number of rotatable bonds is 3. The Morgan fingerprint density at radius 3 is 2.72 bits per heavy atom. The van der Waals surface area contributed by atoms with Crippen LogP contribution in [0.2, 0.25) is 5.02 Å². The molecule has 4 nitrogen and oxygen atoms in total. The number of aliphatic hydroxyl groups excluding tert-OH is 1. The molecule has 0 bridgehead atoms. The Labute approximate surface area is 110 Å². The molecule has 0 saturated carbocycles. The Bertz CT molecular complexity index is 532. The quantitative estimate of drug-likeness (QED) is 0.923. The monoisotopic (exact) mass is 264 g/mol. The smallest absolute Gasteiger partial charge is 0.209 e. The fourth-order valence-corrected chi connectivity index (χ4v) is 2.12. The number of aromatic nitrogens is 1. The molecule has 5 heteroatoms. The lowest BCUT2D eigenvalue weighted by Gasteiger charge is -2.34. The van der Waals surface area contributed by atoms with Crippen LogP contribution < -0.4 is 0 Å². The highest BCUT2D eigenvalue weighted by atomic mass is 35.5. The van der Waals surface area contributed by atoms with Crippen molar-refractivity contribution in [1.29, 1.82) is 0 Å². The van der Waals surface area contributed by atoms with Crippen LogP contribution in [0.25, 0.3) is 11.3 Å². The summed E-state index contributed by atoms with van der Waals surface area (Å²) in [4.78, 5) is 6.32. The fourth-order valence-electron chi connectivity index (χ4n) is 1.99. The molecule has 94 valence electrons. The topological polar surface area (TPSA) is 49.5 Å². The molecular formula is C13H13ClN2O2. The summed E-state index contributed by atoms with van der Waals surface area (Å²) in [6.07, 6.45) is 1.52. The van der Waals surface area contributed by atoms with Crippen molar-refractivity contribution < 1.29 is 9.52 Å². The van der Waals surface area contributed by atoms with Gasteiger partial charge in [-0.15, -0.1) is 0 Å². The maximum Gasteiger partial charge on any atom is 0.209 e. The third-order valence-corrected chi connectivity index (χ3v) is 3.23. The molecule has 0 radical (unpaired) electrons. The zero-order valence-corrected chi connectivity index (χ0v) is 10.5. The molecule has 3 rings (SSSR count). The number of aliphatic hydroxyl groups is 1. The van der Waals surface area contributed by atoms with Gasteiger partial charge in [0, 0.05) is 23.7 Å². The Balaban J connectivity index is 1.71. The summed E-state index contributed by atoms with van der Waals surface area (Å²) in [6.45, 7) is 2.03. The summed E-state index contributed by atoms with van der Waals surface area (Å²) < 4.78 is 5.67. The first-order chi connectivity index (χ1) is 8.70. The highest BCUT2D eigenvalue weighted by Crippen LogP contribution is 2.23. The van der Waals surface area contributed by atoms with Crippen molar-refractivity contribution in [3.8, 4) is 11.3 Å². The molecule has 0 atom stereocenters. The summed E-state index contributed by atoms with van der Waals surface area (Å²) in [6, 6.07) is 7.45. The van der Waals surface area contributed by atoms with Gasteiger partial charge in [0.1, 0.15) is 0 Å².